The third-order valence-corrected chi connectivity index (χ3v) is 5.21. The number of rotatable bonds is 15. The number of imidazole rings is 1. The fourth-order valence-corrected chi connectivity index (χ4v) is 3.61. The summed E-state index contributed by atoms with van der Waals surface area (Å²) in [6.07, 6.45) is 8.34. The lowest BCUT2D eigenvalue weighted by molar-refractivity contribution is -0.143. The van der Waals surface area contributed by atoms with Crippen molar-refractivity contribution in [2.75, 3.05) is 20.3 Å². The molecule has 1 heterocycles. The molecule has 0 spiro atoms. The number of carboxylic acid groups (broad SMARTS) is 1. The first-order chi connectivity index (χ1) is 15.3. The minimum absolute atomic E-state index is 0.0106. The number of methoxy groups -OCH3 is 1. The quantitative estimate of drug-likeness (QED) is 0.396. The number of unbranched alkanes of at least 4 members (excludes halogenated alkanes) is 1. The van der Waals surface area contributed by atoms with Gasteiger partial charge in [0.25, 0.3) is 0 Å². The Labute approximate surface area is 191 Å². The van der Waals surface area contributed by atoms with E-state index < -0.39 is 5.97 Å². The zero-order valence-corrected chi connectivity index (χ0v) is 19.8. The number of aromatic nitrogens is 2. The monoisotopic (exact) mass is 446 g/mol. The number of benzene rings is 1. The van der Waals surface area contributed by atoms with E-state index in [4.69, 9.17) is 14.2 Å². The maximum Gasteiger partial charge on any atom is 0.306 e. The number of hydrogen-bond donors (Lipinski definition) is 1. The smallest absolute Gasteiger partial charge is 0.306 e. The second-order valence-corrected chi connectivity index (χ2v) is 9.41. The van der Waals surface area contributed by atoms with Gasteiger partial charge >= 0.3 is 5.97 Å². The highest BCUT2D eigenvalue weighted by Crippen LogP contribution is 2.27. The fourth-order valence-electron chi connectivity index (χ4n) is 3.61. The summed E-state index contributed by atoms with van der Waals surface area (Å²) in [5.41, 5.74) is 1.09. The van der Waals surface area contributed by atoms with Gasteiger partial charge in [-0.15, -0.1) is 0 Å². The highest BCUT2D eigenvalue weighted by molar-refractivity contribution is 5.69. The molecule has 178 valence electrons. The molecule has 7 nitrogen and oxygen atoms in total. The first-order valence-corrected chi connectivity index (χ1v) is 11.3. The first-order valence-electron chi connectivity index (χ1n) is 11.3. The van der Waals surface area contributed by atoms with Crippen molar-refractivity contribution in [3.63, 3.8) is 0 Å². The van der Waals surface area contributed by atoms with Crippen LogP contribution in [0.3, 0.4) is 0 Å². The number of hydrogen-bond acceptors (Lipinski definition) is 5. The molecular weight excluding hydrogens is 408 g/mol. The van der Waals surface area contributed by atoms with Crippen LogP contribution in [-0.2, 0) is 27.4 Å². The van der Waals surface area contributed by atoms with Gasteiger partial charge in [0.15, 0.2) is 0 Å². The van der Waals surface area contributed by atoms with Crippen molar-refractivity contribution >= 4 is 5.97 Å². The molecule has 0 saturated heterocycles. The third kappa shape index (κ3) is 10.3. The Hall–Kier alpha value is -2.38. The van der Waals surface area contributed by atoms with Crippen LogP contribution in [0.2, 0.25) is 0 Å². The Balaban J connectivity index is 1.76. The fraction of sp³-hybridized carbons (Fsp3) is 0.600. The number of ether oxygens (including phenoxy) is 3. The van der Waals surface area contributed by atoms with E-state index in [2.05, 4.69) is 25.8 Å². The van der Waals surface area contributed by atoms with Crippen molar-refractivity contribution in [3.05, 3.63) is 48.5 Å². The molecule has 2 rings (SSSR count). The van der Waals surface area contributed by atoms with E-state index >= 15 is 0 Å². The standard InChI is InChI=1S/C25H38N2O5/c1-25(2,3)15-21(24(28)29)7-5-6-14-32-23(16-27-13-12-26-19-27)18-31-17-20-8-10-22(30-4)11-9-20/h8-13,19,21,23H,5-7,14-18H2,1-4H3,(H,28,29). The van der Waals surface area contributed by atoms with Crippen LogP contribution in [0.25, 0.3) is 0 Å². The van der Waals surface area contributed by atoms with Crippen LogP contribution in [0, 0.1) is 11.3 Å². The second-order valence-electron chi connectivity index (χ2n) is 9.41. The van der Waals surface area contributed by atoms with E-state index in [1.807, 2.05) is 35.0 Å². The van der Waals surface area contributed by atoms with Crippen LogP contribution in [-0.4, -0.2) is 47.1 Å². The van der Waals surface area contributed by atoms with Crippen molar-refractivity contribution in [2.45, 2.75) is 65.7 Å². The minimum Gasteiger partial charge on any atom is -0.497 e. The van der Waals surface area contributed by atoms with Gasteiger partial charge in [-0.3, -0.25) is 4.79 Å². The molecule has 0 aliphatic rings. The molecule has 2 unspecified atom stereocenters. The lowest BCUT2D eigenvalue weighted by Gasteiger charge is -2.23. The zero-order chi connectivity index (χ0) is 23.4. The highest BCUT2D eigenvalue weighted by Gasteiger charge is 2.24. The van der Waals surface area contributed by atoms with E-state index in [0.717, 1.165) is 24.2 Å². The molecule has 32 heavy (non-hydrogen) atoms. The molecule has 0 amide bonds. The minimum atomic E-state index is -0.703. The molecule has 0 aliphatic carbocycles. The van der Waals surface area contributed by atoms with Crippen LogP contribution in [0.15, 0.2) is 43.0 Å². The molecule has 0 saturated carbocycles. The SMILES string of the molecule is COc1ccc(COCC(Cn2ccnc2)OCCCCC(CC(C)(C)C)C(=O)O)cc1. The Kier molecular flexibility index (Phi) is 10.7. The summed E-state index contributed by atoms with van der Waals surface area (Å²) in [5, 5.41) is 9.48. The number of aliphatic carboxylic acids is 1. The average Bonchev–Trinajstić information content (AvgIpc) is 3.25. The second kappa shape index (κ2) is 13.2. The molecule has 0 radical (unpaired) electrons. The van der Waals surface area contributed by atoms with Gasteiger partial charge in [0.2, 0.25) is 0 Å². The molecule has 0 aliphatic heterocycles. The lowest BCUT2D eigenvalue weighted by atomic mass is 9.82. The predicted octanol–water partition coefficient (Wildman–Crippen LogP) is 4.80. The summed E-state index contributed by atoms with van der Waals surface area (Å²) in [6, 6.07) is 7.81. The third-order valence-electron chi connectivity index (χ3n) is 5.21. The molecule has 0 bridgehead atoms. The van der Waals surface area contributed by atoms with Crippen molar-refractivity contribution in [1.82, 2.24) is 9.55 Å². The summed E-state index contributed by atoms with van der Waals surface area (Å²) in [7, 11) is 1.65. The number of carbonyl (C=O) groups is 1. The van der Waals surface area contributed by atoms with Crippen LogP contribution in [0.4, 0.5) is 0 Å². The van der Waals surface area contributed by atoms with Gasteiger partial charge in [-0.05, 0) is 42.4 Å². The van der Waals surface area contributed by atoms with Gasteiger partial charge in [0, 0.05) is 19.0 Å². The summed E-state index contributed by atoms with van der Waals surface area (Å²) in [6.45, 7) is 8.44. The predicted molar refractivity (Wildman–Crippen MR) is 124 cm³/mol. The summed E-state index contributed by atoms with van der Waals surface area (Å²) in [5.74, 6) is -0.182. The maximum absolute atomic E-state index is 11.5. The average molecular weight is 447 g/mol. The normalized spacial score (nSPS) is 13.6. The van der Waals surface area contributed by atoms with Crippen LogP contribution in [0.5, 0.6) is 5.75 Å². The molecule has 0 fully saturated rings. The summed E-state index contributed by atoms with van der Waals surface area (Å²) >= 11 is 0. The van der Waals surface area contributed by atoms with Gasteiger partial charge in [-0.2, -0.15) is 0 Å². The van der Waals surface area contributed by atoms with Crippen molar-refractivity contribution in [2.24, 2.45) is 11.3 Å². The Morgan fingerprint density at radius 3 is 2.53 bits per heavy atom. The topological polar surface area (TPSA) is 82.8 Å². The van der Waals surface area contributed by atoms with Crippen molar-refractivity contribution in [3.8, 4) is 5.75 Å². The molecular formula is C25H38N2O5. The Bertz CT molecular complexity index is 769. The van der Waals surface area contributed by atoms with E-state index in [9.17, 15) is 9.90 Å². The van der Waals surface area contributed by atoms with Crippen LogP contribution < -0.4 is 4.74 Å². The molecule has 2 aromatic rings. The van der Waals surface area contributed by atoms with Gasteiger partial charge in [-0.25, -0.2) is 4.98 Å². The lowest BCUT2D eigenvalue weighted by Crippen LogP contribution is -2.26. The molecule has 7 heteroatoms. The van der Waals surface area contributed by atoms with E-state index in [0.29, 0.717) is 39.2 Å². The number of nitrogens with zero attached hydrogens (tertiary/aromatic N) is 2. The molecule has 1 aromatic carbocycles. The summed E-state index contributed by atoms with van der Waals surface area (Å²) in [4.78, 5) is 15.6. The molecule has 1 N–H and O–H groups in total. The first kappa shape index (κ1) is 25.9. The van der Waals surface area contributed by atoms with Gasteiger partial charge in [0.1, 0.15) is 5.75 Å². The highest BCUT2D eigenvalue weighted by atomic mass is 16.5. The van der Waals surface area contributed by atoms with Gasteiger partial charge in [-0.1, -0.05) is 39.3 Å². The van der Waals surface area contributed by atoms with Crippen molar-refractivity contribution in [1.29, 1.82) is 0 Å². The number of carboxylic acids is 1. The molecule has 2 atom stereocenters. The van der Waals surface area contributed by atoms with Crippen molar-refractivity contribution < 1.29 is 24.1 Å². The largest absolute Gasteiger partial charge is 0.497 e. The molecule has 1 aromatic heterocycles. The van der Waals surface area contributed by atoms with Gasteiger partial charge < -0.3 is 23.9 Å². The van der Waals surface area contributed by atoms with E-state index in [-0.39, 0.29) is 17.4 Å². The van der Waals surface area contributed by atoms with Gasteiger partial charge in [0.05, 0.1) is 45.2 Å². The van der Waals surface area contributed by atoms with E-state index in [1.165, 1.54) is 0 Å². The summed E-state index contributed by atoms with van der Waals surface area (Å²) < 4.78 is 19.2. The van der Waals surface area contributed by atoms with E-state index in [1.54, 1.807) is 19.6 Å². The maximum atomic E-state index is 11.5. The Morgan fingerprint density at radius 2 is 1.94 bits per heavy atom. The zero-order valence-electron chi connectivity index (χ0n) is 19.8. The Morgan fingerprint density at radius 1 is 1.19 bits per heavy atom. The van der Waals surface area contributed by atoms with Crippen LogP contribution in [0.1, 0.15) is 52.0 Å². The van der Waals surface area contributed by atoms with Crippen LogP contribution >= 0.6 is 0 Å².